The topological polar surface area (TPSA) is 108 Å². The molecule has 0 fully saturated rings. The van der Waals surface area contributed by atoms with Crippen molar-refractivity contribution in [1.82, 2.24) is 15.5 Å². The second-order valence-electron chi connectivity index (χ2n) is 9.89. The highest BCUT2D eigenvalue weighted by Gasteiger charge is 2.24. The molecule has 0 saturated carbocycles. The molecule has 40 heavy (non-hydrogen) atoms. The predicted octanol–water partition coefficient (Wildman–Crippen LogP) is 3.78. The van der Waals surface area contributed by atoms with Gasteiger partial charge in [0, 0.05) is 50.4 Å². The van der Waals surface area contributed by atoms with Crippen molar-refractivity contribution in [2.45, 2.75) is 65.0 Å². The highest BCUT2D eigenvalue weighted by molar-refractivity contribution is 6.00. The van der Waals surface area contributed by atoms with Gasteiger partial charge < -0.3 is 25.4 Å². The molecule has 0 aliphatic carbocycles. The lowest BCUT2D eigenvalue weighted by Crippen LogP contribution is -2.46. The fourth-order valence-corrected chi connectivity index (χ4v) is 4.44. The first-order chi connectivity index (χ1) is 19.1. The van der Waals surface area contributed by atoms with Crippen molar-refractivity contribution in [2.24, 2.45) is 0 Å². The van der Waals surface area contributed by atoms with Crippen LogP contribution in [0.2, 0.25) is 0 Å². The van der Waals surface area contributed by atoms with Gasteiger partial charge in [-0.05, 0) is 74.1 Å². The first-order valence-electron chi connectivity index (χ1n) is 13.7. The Kier molecular flexibility index (Phi) is 13.7. The monoisotopic (exact) mass is 561 g/mol. The minimum absolute atomic E-state index is 0.0579. The number of carbonyl (C=O) groups excluding carboxylic acids is 3. The Labute approximate surface area is 235 Å². The molecule has 220 valence electrons. The van der Waals surface area contributed by atoms with E-state index >= 15 is 0 Å². The Balaban J connectivity index is 2.25. The van der Waals surface area contributed by atoms with Crippen molar-refractivity contribution in [2.75, 3.05) is 33.4 Å². The molecule has 0 aliphatic rings. The normalized spacial score (nSPS) is 12.5. The number of aliphatic hydroxyl groups excluding tert-OH is 1. The Morgan fingerprint density at radius 2 is 1.60 bits per heavy atom. The van der Waals surface area contributed by atoms with Crippen LogP contribution in [0.1, 0.15) is 71.4 Å². The van der Waals surface area contributed by atoms with Gasteiger partial charge in [0.15, 0.2) is 0 Å². The van der Waals surface area contributed by atoms with Gasteiger partial charge >= 0.3 is 0 Å². The summed E-state index contributed by atoms with van der Waals surface area (Å²) in [6.07, 6.45) is 0.654. The molecule has 0 aliphatic heterocycles. The molecule has 3 N–H and O–H groups in total. The largest absolute Gasteiger partial charge is 0.391 e. The summed E-state index contributed by atoms with van der Waals surface area (Å²) in [5.74, 6) is -2.51. The lowest BCUT2D eigenvalue weighted by molar-refractivity contribution is -0.122. The Morgan fingerprint density at radius 3 is 2.20 bits per heavy atom. The average Bonchev–Trinajstić information content (AvgIpc) is 2.90. The lowest BCUT2D eigenvalue weighted by atomic mass is 9.97. The van der Waals surface area contributed by atoms with Gasteiger partial charge in [0.25, 0.3) is 11.8 Å². The number of methoxy groups -OCH3 is 1. The fraction of sp³-hybridized carbons (Fsp3) is 0.500. The summed E-state index contributed by atoms with van der Waals surface area (Å²) in [6.45, 7) is 7.35. The van der Waals surface area contributed by atoms with Crippen molar-refractivity contribution in [3.63, 3.8) is 0 Å². The van der Waals surface area contributed by atoms with Crippen LogP contribution in [-0.4, -0.2) is 73.2 Å². The molecule has 0 unspecified atom stereocenters. The third-order valence-corrected chi connectivity index (χ3v) is 6.32. The van der Waals surface area contributed by atoms with Gasteiger partial charge in [-0.25, -0.2) is 8.78 Å². The Bertz CT molecular complexity index is 1120. The highest BCUT2D eigenvalue weighted by atomic mass is 19.1. The van der Waals surface area contributed by atoms with Crippen LogP contribution in [0.15, 0.2) is 36.4 Å². The first-order valence-corrected chi connectivity index (χ1v) is 13.7. The van der Waals surface area contributed by atoms with Gasteiger partial charge in [-0.3, -0.25) is 14.4 Å². The molecular formula is C30H41F2N3O5. The molecule has 2 atom stereocenters. The van der Waals surface area contributed by atoms with Crippen molar-refractivity contribution < 1.29 is 33.0 Å². The van der Waals surface area contributed by atoms with Crippen LogP contribution in [0.5, 0.6) is 0 Å². The van der Waals surface area contributed by atoms with Crippen LogP contribution in [0, 0.1) is 18.6 Å². The van der Waals surface area contributed by atoms with E-state index in [4.69, 9.17) is 4.74 Å². The number of aliphatic hydroxyl groups is 1. The molecule has 0 heterocycles. The van der Waals surface area contributed by atoms with Crippen LogP contribution in [0.3, 0.4) is 0 Å². The fourth-order valence-electron chi connectivity index (χ4n) is 4.44. The van der Waals surface area contributed by atoms with Gasteiger partial charge in [0.1, 0.15) is 11.6 Å². The SMILES string of the molecule is CCCN(CCC)C(=O)c1cc(C)cc(C(=O)N[C@H](Cc2cc(F)cc(F)c2)[C@@H](O)CCNC(=O)CCOC)c1. The molecule has 2 aromatic carbocycles. The quantitative estimate of drug-likeness (QED) is 0.289. The number of ether oxygens (including phenoxy) is 1. The molecule has 0 radical (unpaired) electrons. The third kappa shape index (κ3) is 10.7. The van der Waals surface area contributed by atoms with E-state index in [0.717, 1.165) is 31.0 Å². The molecular weight excluding hydrogens is 520 g/mol. The van der Waals surface area contributed by atoms with E-state index < -0.39 is 29.7 Å². The average molecular weight is 562 g/mol. The van der Waals surface area contributed by atoms with E-state index in [1.54, 1.807) is 24.0 Å². The van der Waals surface area contributed by atoms with Crippen molar-refractivity contribution >= 4 is 17.7 Å². The van der Waals surface area contributed by atoms with Crippen LogP contribution < -0.4 is 10.6 Å². The number of rotatable bonds is 16. The zero-order valence-corrected chi connectivity index (χ0v) is 23.8. The minimum Gasteiger partial charge on any atom is -0.391 e. The van der Waals surface area contributed by atoms with Gasteiger partial charge in [-0.2, -0.15) is 0 Å². The van der Waals surface area contributed by atoms with Gasteiger partial charge in [0.05, 0.1) is 18.8 Å². The number of hydrogen-bond acceptors (Lipinski definition) is 5. The molecule has 10 heteroatoms. The summed E-state index contributed by atoms with van der Waals surface area (Å²) < 4.78 is 32.6. The number of amides is 3. The summed E-state index contributed by atoms with van der Waals surface area (Å²) >= 11 is 0. The zero-order chi connectivity index (χ0) is 29.7. The molecule has 3 amide bonds. The van der Waals surface area contributed by atoms with E-state index in [2.05, 4.69) is 10.6 Å². The van der Waals surface area contributed by atoms with Crippen LogP contribution in [0.4, 0.5) is 8.78 Å². The number of aryl methyl sites for hydroxylation is 1. The third-order valence-electron chi connectivity index (χ3n) is 6.32. The standard InChI is InChI=1S/C30H41F2N3O5/c1-5-10-35(11-6-2)30(39)23-14-20(3)13-22(18-23)29(38)34-26(17-21-15-24(31)19-25(32)16-21)27(36)7-9-33-28(37)8-12-40-4/h13-16,18-19,26-27,36H,5-12,17H2,1-4H3,(H,33,37)(H,34,38)/t26-,27+/m1/s1. The number of hydrogen-bond donors (Lipinski definition) is 3. The maximum atomic E-state index is 13.9. The highest BCUT2D eigenvalue weighted by Crippen LogP contribution is 2.16. The molecule has 2 aromatic rings. The van der Waals surface area contributed by atoms with Crippen molar-refractivity contribution in [3.8, 4) is 0 Å². The number of benzene rings is 2. The number of nitrogens with zero attached hydrogens (tertiary/aromatic N) is 1. The van der Waals surface area contributed by atoms with Crippen molar-refractivity contribution in [1.29, 1.82) is 0 Å². The number of halogens is 2. The molecule has 0 aromatic heterocycles. The van der Waals surface area contributed by atoms with E-state index in [0.29, 0.717) is 24.2 Å². The zero-order valence-electron chi connectivity index (χ0n) is 23.8. The minimum atomic E-state index is -1.14. The maximum absolute atomic E-state index is 13.9. The van der Waals surface area contributed by atoms with E-state index in [1.165, 1.54) is 13.2 Å². The predicted molar refractivity (Wildman–Crippen MR) is 149 cm³/mol. The van der Waals surface area contributed by atoms with E-state index in [9.17, 15) is 28.3 Å². The second-order valence-corrected chi connectivity index (χ2v) is 9.89. The smallest absolute Gasteiger partial charge is 0.253 e. The Hall–Kier alpha value is -3.37. The molecule has 2 rings (SSSR count). The summed E-state index contributed by atoms with van der Waals surface area (Å²) in [7, 11) is 1.49. The lowest BCUT2D eigenvalue weighted by Gasteiger charge is -2.25. The summed E-state index contributed by atoms with van der Waals surface area (Å²) in [5.41, 5.74) is 1.58. The van der Waals surface area contributed by atoms with E-state index in [-0.39, 0.29) is 55.4 Å². The summed E-state index contributed by atoms with van der Waals surface area (Å²) in [5, 5.41) is 16.4. The first kappa shape index (κ1) is 32.8. The molecule has 0 bridgehead atoms. The van der Waals surface area contributed by atoms with Crippen LogP contribution in [-0.2, 0) is 16.0 Å². The molecule has 0 spiro atoms. The van der Waals surface area contributed by atoms with Gasteiger partial charge in [-0.15, -0.1) is 0 Å². The van der Waals surface area contributed by atoms with Gasteiger partial charge in [-0.1, -0.05) is 13.8 Å². The summed E-state index contributed by atoms with van der Waals surface area (Å²) in [6, 6.07) is 6.98. The number of carbonyl (C=O) groups is 3. The Morgan fingerprint density at radius 1 is 0.975 bits per heavy atom. The maximum Gasteiger partial charge on any atom is 0.253 e. The van der Waals surface area contributed by atoms with Gasteiger partial charge in [0.2, 0.25) is 5.91 Å². The molecule has 0 saturated heterocycles. The van der Waals surface area contributed by atoms with Crippen LogP contribution in [0.25, 0.3) is 0 Å². The van der Waals surface area contributed by atoms with Crippen molar-refractivity contribution in [3.05, 3.63) is 70.3 Å². The number of nitrogens with one attached hydrogen (secondary N) is 2. The van der Waals surface area contributed by atoms with E-state index in [1.807, 2.05) is 13.8 Å². The summed E-state index contributed by atoms with van der Waals surface area (Å²) in [4.78, 5) is 40.1. The van der Waals surface area contributed by atoms with Crippen LogP contribution >= 0.6 is 0 Å². The molecule has 8 nitrogen and oxygen atoms in total. The second kappa shape index (κ2) is 16.7.